The van der Waals surface area contributed by atoms with Crippen molar-refractivity contribution in [1.82, 2.24) is 9.62 Å². The van der Waals surface area contributed by atoms with E-state index in [1.54, 1.807) is 24.3 Å². The summed E-state index contributed by atoms with van der Waals surface area (Å²) in [5, 5.41) is 3.04. The van der Waals surface area contributed by atoms with Gasteiger partial charge in [0.05, 0.1) is 6.26 Å². The lowest BCUT2D eigenvalue weighted by molar-refractivity contribution is -0.125. The Balaban J connectivity index is 1.85. The molecule has 156 valence electrons. The quantitative estimate of drug-likeness (QED) is 0.752. The molecule has 1 heterocycles. The Hall–Kier alpha value is -2.22. The zero-order valence-corrected chi connectivity index (χ0v) is 17.7. The van der Waals surface area contributed by atoms with Crippen molar-refractivity contribution in [2.24, 2.45) is 0 Å². The number of amides is 1. The molecule has 0 bridgehead atoms. The molecule has 0 radical (unpaired) electrons. The summed E-state index contributed by atoms with van der Waals surface area (Å²) in [6.45, 7) is 1.70. The van der Waals surface area contributed by atoms with E-state index in [1.165, 1.54) is 7.05 Å². The molecule has 1 atom stereocenters. The Morgan fingerprint density at radius 2 is 1.62 bits per heavy atom. The summed E-state index contributed by atoms with van der Waals surface area (Å²) in [4.78, 5) is 13.2. The molecular formula is C22H28N2O4S. The van der Waals surface area contributed by atoms with Crippen molar-refractivity contribution < 1.29 is 17.9 Å². The number of sulfonamides is 1. The normalized spacial score (nSPS) is 17.6. The van der Waals surface area contributed by atoms with Crippen molar-refractivity contribution in [2.75, 3.05) is 33.1 Å². The highest BCUT2D eigenvalue weighted by molar-refractivity contribution is 7.88. The summed E-state index contributed by atoms with van der Waals surface area (Å²) in [6, 6.07) is 18.2. The number of carbonyl (C=O) groups excluding carboxylic acids is 1. The number of hydrogen-bond acceptors (Lipinski definition) is 4. The van der Waals surface area contributed by atoms with Gasteiger partial charge in [-0.2, -0.15) is 4.31 Å². The van der Waals surface area contributed by atoms with Gasteiger partial charge in [0.25, 0.3) is 0 Å². The maximum atomic E-state index is 13.2. The zero-order valence-electron chi connectivity index (χ0n) is 16.9. The van der Waals surface area contributed by atoms with E-state index in [1.807, 2.05) is 24.3 Å². The van der Waals surface area contributed by atoms with Gasteiger partial charge in [-0.05, 0) is 24.0 Å². The predicted octanol–water partition coefficient (Wildman–Crippen LogP) is 2.48. The van der Waals surface area contributed by atoms with E-state index < -0.39 is 16.1 Å². The monoisotopic (exact) mass is 416 g/mol. The van der Waals surface area contributed by atoms with Gasteiger partial charge >= 0.3 is 0 Å². The molecule has 1 saturated heterocycles. The molecule has 29 heavy (non-hydrogen) atoms. The van der Waals surface area contributed by atoms with Gasteiger partial charge in [-0.3, -0.25) is 4.79 Å². The molecule has 2 aromatic carbocycles. The van der Waals surface area contributed by atoms with E-state index in [0.29, 0.717) is 25.3 Å². The fraction of sp³-hybridized carbons (Fsp3) is 0.409. The number of rotatable bonds is 7. The lowest BCUT2D eigenvalue weighted by atomic mass is 9.74. The van der Waals surface area contributed by atoms with Crippen molar-refractivity contribution >= 4 is 15.9 Å². The largest absolute Gasteiger partial charge is 0.381 e. The summed E-state index contributed by atoms with van der Waals surface area (Å²) in [5.41, 5.74) is 1.58. The molecule has 3 rings (SSSR count). The smallest absolute Gasteiger partial charge is 0.243 e. The molecular weight excluding hydrogens is 388 g/mol. The van der Waals surface area contributed by atoms with Gasteiger partial charge in [-0.25, -0.2) is 8.42 Å². The molecule has 1 N–H and O–H groups in total. The van der Waals surface area contributed by atoms with Crippen LogP contribution in [0.3, 0.4) is 0 Å². The average Bonchev–Trinajstić information content (AvgIpc) is 2.74. The second kappa shape index (κ2) is 9.07. The maximum Gasteiger partial charge on any atom is 0.243 e. The van der Waals surface area contributed by atoms with Crippen LogP contribution in [0.25, 0.3) is 0 Å². The summed E-state index contributed by atoms with van der Waals surface area (Å²) in [7, 11) is -2.11. The SMILES string of the molecule is CN(C(C(=O)NCC1(c2ccccc2)CCOCC1)c1ccccc1)S(C)(=O)=O. The highest BCUT2D eigenvalue weighted by Gasteiger charge is 2.37. The van der Waals surface area contributed by atoms with E-state index >= 15 is 0 Å². The number of nitrogens with zero attached hydrogens (tertiary/aromatic N) is 1. The average molecular weight is 417 g/mol. The highest BCUT2D eigenvalue weighted by atomic mass is 32.2. The molecule has 7 heteroatoms. The van der Waals surface area contributed by atoms with Crippen LogP contribution >= 0.6 is 0 Å². The van der Waals surface area contributed by atoms with Crippen molar-refractivity contribution in [2.45, 2.75) is 24.3 Å². The first-order valence-electron chi connectivity index (χ1n) is 9.72. The van der Waals surface area contributed by atoms with Crippen LogP contribution in [-0.4, -0.2) is 51.7 Å². The van der Waals surface area contributed by atoms with Gasteiger partial charge < -0.3 is 10.1 Å². The van der Waals surface area contributed by atoms with Crippen molar-refractivity contribution in [3.63, 3.8) is 0 Å². The maximum absolute atomic E-state index is 13.2. The van der Waals surface area contributed by atoms with Crippen molar-refractivity contribution in [1.29, 1.82) is 0 Å². The van der Waals surface area contributed by atoms with Crippen LogP contribution in [-0.2, 0) is 25.0 Å². The molecule has 1 amide bonds. The third-order valence-electron chi connectivity index (χ3n) is 5.69. The van der Waals surface area contributed by atoms with Crippen LogP contribution < -0.4 is 5.32 Å². The van der Waals surface area contributed by atoms with Crippen LogP contribution in [0.4, 0.5) is 0 Å². The molecule has 0 aliphatic carbocycles. The second-order valence-electron chi connectivity index (χ2n) is 7.57. The third-order valence-corrected chi connectivity index (χ3v) is 6.94. The predicted molar refractivity (Wildman–Crippen MR) is 113 cm³/mol. The van der Waals surface area contributed by atoms with Crippen molar-refractivity contribution in [3.05, 3.63) is 71.8 Å². The molecule has 2 aromatic rings. The van der Waals surface area contributed by atoms with Gasteiger partial charge in [0.15, 0.2) is 0 Å². The van der Waals surface area contributed by atoms with E-state index in [9.17, 15) is 13.2 Å². The first-order valence-corrected chi connectivity index (χ1v) is 11.6. The minimum absolute atomic E-state index is 0.222. The highest BCUT2D eigenvalue weighted by Crippen LogP contribution is 2.34. The number of nitrogens with one attached hydrogen (secondary N) is 1. The van der Waals surface area contributed by atoms with Gasteiger partial charge in [0.1, 0.15) is 6.04 Å². The topological polar surface area (TPSA) is 75.7 Å². The molecule has 6 nitrogen and oxygen atoms in total. The second-order valence-corrected chi connectivity index (χ2v) is 9.61. The first kappa shape index (κ1) is 21.5. The van der Waals surface area contributed by atoms with Crippen molar-refractivity contribution in [3.8, 4) is 0 Å². The van der Waals surface area contributed by atoms with Gasteiger partial charge in [0, 0.05) is 32.2 Å². The third kappa shape index (κ3) is 5.04. The Labute approximate surface area is 172 Å². The molecule has 0 aromatic heterocycles. The fourth-order valence-corrected chi connectivity index (χ4v) is 4.43. The Morgan fingerprint density at radius 3 is 2.17 bits per heavy atom. The van der Waals surface area contributed by atoms with E-state index in [2.05, 4.69) is 17.4 Å². The standard InChI is InChI=1S/C22H28N2O4S/c1-24(29(2,26)27)20(18-9-5-3-6-10-18)21(25)23-17-22(13-15-28-16-14-22)19-11-7-4-8-12-19/h3-12,20H,13-17H2,1-2H3,(H,23,25). The van der Waals surface area contributed by atoms with Crippen LogP contribution in [0.1, 0.15) is 30.0 Å². The minimum atomic E-state index is -3.55. The van der Waals surface area contributed by atoms with Gasteiger partial charge in [-0.15, -0.1) is 0 Å². The zero-order chi connectivity index (χ0) is 20.9. The van der Waals surface area contributed by atoms with E-state index in [0.717, 1.165) is 29.0 Å². The number of hydrogen-bond donors (Lipinski definition) is 1. The van der Waals surface area contributed by atoms with E-state index in [4.69, 9.17) is 4.74 Å². The molecule has 1 aliphatic rings. The number of likely N-dealkylation sites (N-methyl/N-ethyl adjacent to an activating group) is 1. The van der Waals surface area contributed by atoms with Crippen LogP contribution in [0, 0.1) is 0 Å². The van der Waals surface area contributed by atoms with E-state index in [-0.39, 0.29) is 11.3 Å². The number of ether oxygens (including phenoxy) is 1. The summed E-state index contributed by atoms with van der Waals surface area (Å²) < 4.78 is 31.0. The summed E-state index contributed by atoms with van der Waals surface area (Å²) >= 11 is 0. The van der Waals surface area contributed by atoms with Crippen LogP contribution in [0.2, 0.25) is 0 Å². The lowest BCUT2D eigenvalue weighted by Gasteiger charge is -2.38. The molecule has 1 aliphatic heterocycles. The fourth-order valence-electron chi connectivity index (χ4n) is 3.83. The lowest BCUT2D eigenvalue weighted by Crippen LogP contribution is -2.48. The van der Waals surface area contributed by atoms with Gasteiger partial charge in [-0.1, -0.05) is 60.7 Å². The Kier molecular flexibility index (Phi) is 6.72. The summed E-state index contributed by atoms with van der Waals surface area (Å²) in [5.74, 6) is -0.328. The molecule has 0 saturated carbocycles. The van der Waals surface area contributed by atoms with Crippen LogP contribution in [0.5, 0.6) is 0 Å². The number of carbonyl (C=O) groups is 1. The Morgan fingerprint density at radius 1 is 1.07 bits per heavy atom. The Bertz CT molecular complexity index is 910. The van der Waals surface area contributed by atoms with Crippen LogP contribution in [0.15, 0.2) is 60.7 Å². The van der Waals surface area contributed by atoms with Gasteiger partial charge in [0.2, 0.25) is 15.9 Å². The molecule has 1 unspecified atom stereocenters. The minimum Gasteiger partial charge on any atom is -0.381 e. The first-order chi connectivity index (χ1) is 13.8. The molecule has 0 spiro atoms. The molecule has 1 fully saturated rings. The number of benzene rings is 2. The summed E-state index contributed by atoms with van der Waals surface area (Å²) in [6.07, 6.45) is 2.71.